The summed E-state index contributed by atoms with van der Waals surface area (Å²) in [6, 6.07) is 2.82. The van der Waals surface area contributed by atoms with Crippen LogP contribution in [0.5, 0.6) is 0 Å². The van der Waals surface area contributed by atoms with Gasteiger partial charge in [0.2, 0.25) is 0 Å². The second-order valence-electron chi connectivity index (χ2n) is 4.22. The number of thioether (sulfide) groups is 1. The Kier molecular flexibility index (Phi) is 2.21. The number of hydrogen-bond donors (Lipinski definition) is 0. The Hall–Kier alpha value is -0.950. The van der Waals surface area contributed by atoms with Gasteiger partial charge in [-0.15, -0.1) is 0 Å². The third-order valence-corrected chi connectivity index (χ3v) is 4.36. The molecule has 78 valence electrons. The van der Waals surface area contributed by atoms with E-state index < -0.39 is 0 Å². The van der Waals surface area contributed by atoms with Crippen molar-refractivity contribution in [2.45, 2.75) is 37.5 Å². The molecule has 0 radical (unpaired) electrons. The molecule has 0 aromatic carbocycles. The van der Waals surface area contributed by atoms with E-state index in [1.807, 2.05) is 11.8 Å². The van der Waals surface area contributed by atoms with Gasteiger partial charge < -0.3 is 0 Å². The van der Waals surface area contributed by atoms with Crippen LogP contribution in [-0.4, -0.2) is 15.5 Å². The van der Waals surface area contributed by atoms with Gasteiger partial charge in [0.05, 0.1) is 6.04 Å². The van der Waals surface area contributed by atoms with E-state index in [0.717, 1.165) is 12.2 Å². The molecule has 0 unspecified atom stereocenters. The zero-order valence-corrected chi connectivity index (χ0v) is 9.39. The number of nitriles is 1. The molecule has 1 aromatic rings. The van der Waals surface area contributed by atoms with Gasteiger partial charge in [0.25, 0.3) is 0 Å². The highest BCUT2D eigenvalue weighted by atomic mass is 32.2. The van der Waals surface area contributed by atoms with Crippen molar-refractivity contribution in [1.29, 1.82) is 5.26 Å². The molecule has 2 aliphatic rings. The lowest BCUT2D eigenvalue weighted by atomic mass is 9.93. The molecular formula is C11H13N3S. The maximum absolute atomic E-state index is 9.04. The topological polar surface area (TPSA) is 41.6 Å². The van der Waals surface area contributed by atoms with Crippen LogP contribution in [-0.2, 0) is 12.2 Å². The summed E-state index contributed by atoms with van der Waals surface area (Å²) >= 11 is 1.91. The zero-order valence-electron chi connectivity index (χ0n) is 8.57. The number of rotatable bonds is 1. The van der Waals surface area contributed by atoms with Gasteiger partial charge in [0, 0.05) is 17.0 Å². The smallest absolute Gasteiger partial charge is 0.166 e. The molecule has 4 heteroatoms. The fourth-order valence-corrected chi connectivity index (χ4v) is 3.28. The largest absolute Gasteiger partial charge is 0.265 e. The van der Waals surface area contributed by atoms with E-state index in [4.69, 9.17) is 5.26 Å². The lowest BCUT2D eigenvalue weighted by molar-refractivity contribution is 0.282. The second-order valence-corrected chi connectivity index (χ2v) is 5.32. The van der Waals surface area contributed by atoms with Crippen molar-refractivity contribution in [2.24, 2.45) is 0 Å². The first-order chi connectivity index (χ1) is 7.40. The van der Waals surface area contributed by atoms with Crippen molar-refractivity contribution in [1.82, 2.24) is 9.78 Å². The third-order valence-electron chi connectivity index (χ3n) is 3.37. The van der Waals surface area contributed by atoms with Gasteiger partial charge in [0.15, 0.2) is 5.69 Å². The number of hydrogen-bond acceptors (Lipinski definition) is 3. The van der Waals surface area contributed by atoms with Crippen molar-refractivity contribution in [3.8, 4) is 6.07 Å². The first kappa shape index (κ1) is 9.29. The molecule has 1 aliphatic carbocycles. The van der Waals surface area contributed by atoms with Gasteiger partial charge in [-0.1, -0.05) is 0 Å². The van der Waals surface area contributed by atoms with Crippen molar-refractivity contribution in [3.63, 3.8) is 0 Å². The standard InChI is InChI=1S/C11H13N3S/c12-6-10-9-7-15-5-4-11(9)14(13-10)8-2-1-3-8/h8H,1-5,7H2. The predicted molar refractivity (Wildman–Crippen MR) is 59.7 cm³/mol. The van der Waals surface area contributed by atoms with Crippen molar-refractivity contribution in [3.05, 3.63) is 17.0 Å². The Balaban J connectivity index is 2.06. The lowest BCUT2D eigenvalue weighted by Gasteiger charge is -2.28. The monoisotopic (exact) mass is 219 g/mol. The minimum Gasteiger partial charge on any atom is -0.265 e. The number of nitrogens with zero attached hydrogens (tertiary/aromatic N) is 3. The van der Waals surface area contributed by atoms with Crippen LogP contribution in [0.1, 0.15) is 42.3 Å². The van der Waals surface area contributed by atoms with Crippen LogP contribution in [0, 0.1) is 11.3 Å². The van der Waals surface area contributed by atoms with Gasteiger partial charge >= 0.3 is 0 Å². The van der Waals surface area contributed by atoms with Crippen molar-refractivity contribution >= 4 is 11.8 Å². The molecule has 1 saturated carbocycles. The van der Waals surface area contributed by atoms with E-state index >= 15 is 0 Å². The van der Waals surface area contributed by atoms with Crippen LogP contribution in [0.25, 0.3) is 0 Å². The van der Waals surface area contributed by atoms with Crippen LogP contribution < -0.4 is 0 Å². The average Bonchev–Trinajstić information content (AvgIpc) is 2.55. The molecular weight excluding hydrogens is 206 g/mol. The molecule has 0 atom stereocenters. The minimum absolute atomic E-state index is 0.587. The predicted octanol–water partition coefficient (Wildman–Crippen LogP) is 2.27. The van der Waals surface area contributed by atoms with Gasteiger partial charge in [-0.2, -0.15) is 22.1 Å². The van der Waals surface area contributed by atoms with Crippen molar-refractivity contribution in [2.75, 3.05) is 5.75 Å². The molecule has 3 nitrogen and oxygen atoms in total. The molecule has 15 heavy (non-hydrogen) atoms. The first-order valence-corrected chi connectivity index (χ1v) is 6.63. The summed E-state index contributed by atoms with van der Waals surface area (Å²) in [4.78, 5) is 0. The molecule has 0 spiro atoms. The van der Waals surface area contributed by atoms with E-state index in [0.29, 0.717) is 11.7 Å². The van der Waals surface area contributed by atoms with E-state index in [2.05, 4.69) is 15.8 Å². The fraction of sp³-hybridized carbons (Fsp3) is 0.636. The molecule has 0 amide bonds. The average molecular weight is 219 g/mol. The van der Waals surface area contributed by atoms with E-state index in [1.165, 1.54) is 36.3 Å². The Bertz CT molecular complexity index is 426. The summed E-state index contributed by atoms with van der Waals surface area (Å²) in [5, 5.41) is 13.5. The van der Waals surface area contributed by atoms with Crippen LogP contribution in [0.4, 0.5) is 0 Å². The normalized spacial score (nSPS) is 20.5. The second kappa shape index (κ2) is 3.57. The maximum atomic E-state index is 9.04. The van der Waals surface area contributed by atoms with Crippen LogP contribution in [0.3, 0.4) is 0 Å². The van der Waals surface area contributed by atoms with E-state index in [-0.39, 0.29) is 0 Å². The third kappa shape index (κ3) is 1.37. The Labute approximate surface area is 93.5 Å². The molecule has 1 aliphatic heterocycles. The van der Waals surface area contributed by atoms with Gasteiger partial charge in [-0.05, 0) is 31.4 Å². The maximum Gasteiger partial charge on any atom is 0.166 e. The zero-order chi connectivity index (χ0) is 10.3. The van der Waals surface area contributed by atoms with Crippen LogP contribution >= 0.6 is 11.8 Å². The molecule has 1 fully saturated rings. The SMILES string of the molecule is N#Cc1nn(C2CCC2)c2c1CSCC2. The molecule has 1 aromatic heterocycles. The quantitative estimate of drug-likeness (QED) is 0.727. The van der Waals surface area contributed by atoms with E-state index in [1.54, 1.807) is 0 Å². The molecule has 0 bridgehead atoms. The lowest BCUT2D eigenvalue weighted by Crippen LogP contribution is -2.21. The summed E-state index contributed by atoms with van der Waals surface area (Å²) in [7, 11) is 0. The van der Waals surface area contributed by atoms with Gasteiger partial charge in [-0.25, -0.2) is 0 Å². The highest BCUT2D eigenvalue weighted by Crippen LogP contribution is 2.36. The highest BCUT2D eigenvalue weighted by Gasteiger charge is 2.28. The van der Waals surface area contributed by atoms with Gasteiger partial charge in [-0.3, -0.25) is 4.68 Å². The minimum atomic E-state index is 0.587. The summed E-state index contributed by atoms with van der Waals surface area (Å²) in [5.41, 5.74) is 3.22. The van der Waals surface area contributed by atoms with Crippen molar-refractivity contribution < 1.29 is 0 Å². The summed E-state index contributed by atoms with van der Waals surface area (Å²) in [5.74, 6) is 2.15. The van der Waals surface area contributed by atoms with Crippen LogP contribution in [0.2, 0.25) is 0 Å². The summed E-state index contributed by atoms with van der Waals surface area (Å²) in [6.45, 7) is 0. The highest BCUT2D eigenvalue weighted by molar-refractivity contribution is 7.98. The Morgan fingerprint density at radius 2 is 2.33 bits per heavy atom. The first-order valence-electron chi connectivity index (χ1n) is 5.48. The molecule has 2 heterocycles. The van der Waals surface area contributed by atoms with Gasteiger partial charge in [0.1, 0.15) is 6.07 Å². The Morgan fingerprint density at radius 3 is 3.00 bits per heavy atom. The molecule has 3 rings (SSSR count). The van der Waals surface area contributed by atoms with Crippen LogP contribution in [0.15, 0.2) is 0 Å². The fourth-order valence-electron chi connectivity index (χ4n) is 2.29. The van der Waals surface area contributed by atoms with E-state index in [9.17, 15) is 0 Å². The molecule has 0 N–H and O–H groups in total. The molecule has 0 saturated heterocycles. The summed E-state index contributed by atoms with van der Waals surface area (Å²) < 4.78 is 2.15. The number of aromatic nitrogens is 2. The summed E-state index contributed by atoms with van der Waals surface area (Å²) in [6.07, 6.45) is 4.89. The Morgan fingerprint density at radius 1 is 1.47 bits per heavy atom. The number of fused-ring (bicyclic) bond motifs is 1.